The quantitative estimate of drug-likeness (QED) is 0.182. The molecular formula is C34H28IrN2-2. The molecule has 1 fully saturated rings. The van der Waals surface area contributed by atoms with Crippen molar-refractivity contribution in [2.45, 2.75) is 37.5 Å². The number of hydrogen-bond acceptors (Lipinski definition) is 2. The first-order chi connectivity index (χ1) is 17.8. The molecular weight excluding hydrogens is 629 g/mol. The Balaban J connectivity index is 0.000000183. The molecule has 0 unspecified atom stereocenters. The van der Waals surface area contributed by atoms with Gasteiger partial charge in [-0.15, -0.1) is 70.8 Å². The summed E-state index contributed by atoms with van der Waals surface area (Å²) in [5.74, 6) is 1.55. The monoisotopic (exact) mass is 657 g/mol. The van der Waals surface area contributed by atoms with Crippen LogP contribution in [-0.2, 0) is 20.1 Å². The molecule has 0 spiro atoms. The second kappa shape index (κ2) is 11.8. The Bertz CT molecular complexity index is 1370. The minimum Gasteiger partial charge on any atom is -0.305 e. The van der Waals surface area contributed by atoms with Crippen LogP contribution < -0.4 is 0 Å². The van der Waals surface area contributed by atoms with Crippen molar-refractivity contribution in [3.05, 3.63) is 133 Å². The van der Waals surface area contributed by atoms with E-state index in [1.54, 1.807) is 17.3 Å². The van der Waals surface area contributed by atoms with Crippen LogP contribution in [0.25, 0.3) is 33.6 Å². The Hall–Kier alpha value is -3.39. The fourth-order valence-electron chi connectivity index (χ4n) is 5.52. The van der Waals surface area contributed by atoms with Gasteiger partial charge >= 0.3 is 0 Å². The third kappa shape index (κ3) is 5.64. The van der Waals surface area contributed by atoms with Crippen molar-refractivity contribution >= 4 is 0 Å². The van der Waals surface area contributed by atoms with Gasteiger partial charge in [0.1, 0.15) is 0 Å². The molecule has 8 rings (SSSR count). The molecule has 2 aromatic heterocycles. The van der Waals surface area contributed by atoms with Crippen LogP contribution in [0.5, 0.6) is 0 Å². The fraction of sp³-hybridized carbons (Fsp3) is 0.176. The van der Waals surface area contributed by atoms with E-state index in [4.69, 9.17) is 4.98 Å². The van der Waals surface area contributed by atoms with Crippen molar-refractivity contribution < 1.29 is 20.1 Å². The van der Waals surface area contributed by atoms with Gasteiger partial charge in [-0.2, -0.15) is 0 Å². The minimum atomic E-state index is 0. The molecule has 0 N–H and O–H groups in total. The summed E-state index contributed by atoms with van der Waals surface area (Å²) in [6, 6.07) is 39.6. The Morgan fingerprint density at radius 1 is 0.595 bits per heavy atom. The summed E-state index contributed by atoms with van der Waals surface area (Å²) in [7, 11) is 0. The molecule has 37 heavy (non-hydrogen) atoms. The second-order valence-corrected chi connectivity index (χ2v) is 9.60. The van der Waals surface area contributed by atoms with E-state index >= 15 is 0 Å². The SMILES string of the molecule is [Ir].[c-]1cc2c(cc1-c1ccc(-c3ccccc3)cn1)C1CCC2CC1.[c-]1ccccc1-c1ccccn1. The van der Waals surface area contributed by atoms with E-state index in [1.165, 1.54) is 31.2 Å². The predicted molar refractivity (Wildman–Crippen MR) is 146 cm³/mol. The molecule has 2 heterocycles. The maximum absolute atomic E-state index is 4.71. The number of nitrogens with zero attached hydrogens (tertiary/aromatic N) is 2. The summed E-state index contributed by atoms with van der Waals surface area (Å²) in [5.41, 5.74) is 9.68. The average molecular weight is 657 g/mol. The van der Waals surface area contributed by atoms with Crippen molar-refractivity contribution in [3.8, 4) is 33.6 Å². The molecule has 2 bridgehead atoms. The number of benzene rings is 3. The van der Waals surface area contributed by atoms with Crippen molar-refractivity contribution in [1.29, 1.82) is 0 Å². The summed E-state index contributed by atoms with van der Waals surface area (Å²) in [6.07, 6.45) is 9.23. The van der Waals surface area contributed by atoms with E-state index in [0.29, 0.717) is 0 Å². The van der Waals surface area contributed by atoms with Gasteiger partial charge in [0.25, 0.3) is 0 Å². The third-order valence-electron chi connectivity index (χ3n) is 7.42. The summed E-state index contributed by atoms with van der Waals surface area (Å²) in [6.45, 7) is 0. The van der Waals surface area contributed by atoms with Crippen molar-refractivity contribution in [2.24, 2.45) is 0 Å². The van der Waals surface area contributed by atoms with Crippen LogP contribution in [0.15, 0.2) is 109 Å². The predicted octanol–water partition coefficient (Wildman–Crippen LogP) is 8.52. The summed E-state index contributed by atoms with van der Waals surface area (Å²) in [5, 5.41) is 0. The van der Waals surface area contributed by atoms with Gasteiger partial charge in [0, 0.05) is 32.5 Å². The number of aromatic nitrogens is 2. The molecule has 3 aromatic carbocycles. The van der Waals surface area contributed by atoms with Crippen molar-refractivity contribution in [2.75, 3.05) is 0 Å². The van der Waals surface area contributed by atoms with E-state index in [-0.39, 0.29) is 20.1 Å². The zero-order valence-corrected chi connectivity index (χ0v) is 23.0. The van der Waals surface area contributed by atoms with Gasteiger partial charge in [-0.1, -0.05) is 73.4 Å². The van der Waals surface area contributed by atoms with Gasteiger partial charge in [0.05, 0.1) is 0 Å². The maximum atomic E-state index is 4.71. The second-order valence-electron chi connectivity index (χ2n) is 9.60. The maximum Gasteiger partial charge on any atom is 0.0239 e. The molecule has 3 heteroatoms. The summed E-state index contributed by atoms with van der Waals surface area (Å²) < 4.78 is 0. The number of fused-ring (bicyclic) bond motifs is 2. The van der Waals surface area contributed by atoms with Gasteiger partial charge in [-0.05, 0) is 47.3 Å². The average Bonchev–Trinajstić information content (AvgIpc) is 2.99. The van der Waals surface area contributed by atoms with Gasteiger partial charge in [-0.3, -0.25) is 0 Å². The molecule has 0 aliphatic heterocycles. The van der Waals surface area contributed by atoms with E-state index in [0.717, 1.165) is 39.9 Å². The van der Waals surface area contributed by atoms with Gasteiger partial charge in [-0.25, -0.2) is 0 Å². The minimum absolute atomic E-state index is 0. The third-order valence-corrected chi connectivity index (χ3v) is 7.42. The van der Waals surface area contributed by atoms with Gasteiger partial charge < -0.3 is 9.97 Å². The smallest absolute Gasteiger partial charge is 0.0239 e. The molecule has 3 aliphatic rings. The van der Waals surface area contributed by atoms with Gasteiger partial charge in [0.2, 0.25) is 0 Å². The van der Waals surface area contributed by atoms with Crippen LogP contribution in [0.4, 0.5) is 0 Å². The molecule has 1 radical (unpaired) electrons. The Morgan fingerprint density at radius 3 is 2.00 bits per heavy atom. The Labute approximate surface area is 233 Å². The molecule has 5 aromatic rings. The van der Waals surface area contributed by atoms with Crippen LogP contribution in [0, 0.1) is 12.1 Å². The van der Waals surface area contributed by atoms with Crippen LogP contribution in [-0.4, -0.2) is 9.97 Å². The van der Waals surface area contributed by atoms with E-state index in [1.807, 2.05) is 54.7 Å². The zero-order chi connectivity index (χ0) is 24.2. The van der Waals surface area contributed by atoms with E-state index in [9.17, 15) is 0 Å². The number of hydrogen-bond donors (Lipinski definition) is 0. The molecule has 1 saturated carbocycles. The Kier molecular flexibility index (Phi) is 8.04. The van der Waals surface area contributed by atoms with Crippen molar-refractivity contribution in [1.82, 2.24) is 9.97 Å². The standard InChI is InChI=1S/C23H20N.C11H8N.Ir/c1-2-4-16(5-3-1)20-11-13-23(24-15-20)19-10-12-21-17-6-8-18(9-7-17)22(21)14-19;1-2-6-10(7-3-1)11-8-4-5-9-12-11;/h1-5,11-15,17-18H,6-9H2;1-6,8-9H;/q2*-1;. The molecule has 3 aliphatic carbocycles. The summed E-state index contributed by atoms with van der Waals surface area (Å²) in [4.78, 5) is 8.92. The number of rotatable bonds is 3. The van der Waals surface area contributed by atoms with Gasteiger partial charge in [0.15, 0.2) is 0 Å². The fourth-order valence-corrected chi connectivity index (χ4v) is 5.52. The first-order valence-electron chi connectivity index (χ1n) is 12.8. The number of pyridine rings is 2. The normalized spacial score (nSPS) is 17.1. The zero-order valence-electron chi connectivity index (χ0n) is 20.6. The molecule has 2 nitrogen and oxygen atoms in total. The Morgan fingerprint density at radius 2 is 1.32 bits per heavy atom. The van der Waals surface area contributed by atoms with Crippen LogP contribution >= 0.6 is 0 Å². The van der Waals surface area contributed by atoms with Crippen LogP contribution in [0.2, 0.25) is 0 Å². The first kappa shape index (κ1) is 25.3. The summed E-state index contributed by atoms with van der Waals surface area (Å²) >= 11 is 0. The van der Waals surface area contributed by atoms with E-state index < -0.39 is 0 Å². The molecule has 185 valence electrons. The molecule has 0 atom stereocenters. The van der Waals surface area contributed by atoms with Crippen LogP contribution in [0.3, 0.4) is 0 Å². The topological polar surface area (TPSA) is 25.8 Å². The molecule has 0 amide bonds. The van der Waals surface area contributed by atoms with Crippen LogP contribution in [0.1, 0.15) is 48.6 Å². The largest absolute Gasteiger partial charge is 0.305 e. The molecule has 0 saturated heterocycles. The van der Waals surface area contributed by atoms with E-state index in [2.05, 4.69) is 65.6 Å². The van der Waals surface area contributed by atoms with Crippen molar-refractivity contribution in [3.63, 3.8) is 0 Å². The first-order valence-corrected chi connectivity index (χ1v) is 12.8.